The molecule has 3 rings (SSSR count). The number of nitrogens with one attached hydrogen (secondary N) is 2. The monoisotopic (exact) mass is 351 g/mol. The van der Waals surface area contributed by atoms with E-state index in [1.807, 2.05) is 30.3 Å². The zero-order chi connectivity index (χ0) is 18.5. The number of anilines is 2. The van der Waals surface area contributed by atoms with Gasteiger partial charge < -0.3 is 15.4 Å². The Labute approximate surface area is 149 Å². The summed E-state index contributed by atoms with van der Waals surface area (Å²) >= 11 is 0. The number of benzene rings is 2. The van der Waals surface area contributed by atoms with Crippen LogP contribution >= 0.6 is 0 Å². The number of para-hydroxylation sites is 1. The van der Waals surface area contributed by atoms with Gasteiger partial charge in [-0.25, -0.2) is 0 Å². The third kappa shape index (κ3) is 3.86. The van der Waals surface area contributed by atoms with Gasteiger partial charge in [-0.15, -0.1) is 5.10 Å². The molecule has 0 radical (unpaired) electrons. The zero-order valence-electron chi connectivity index (χ0n) is 14.3. The average Bonchev–Trinajstić information content (AvgIpc) is 3.12. The van der Waals surface area contributed by atoms with E-state index in [1.165, 1.54) is 25.0 Å². The molecule has 0 bridgehead atoms. The molecule has 0 saturated heterocycles. The van der Waals surface area contributed by atoms with Gasteiger partial charge in [-0.2, -0.15) is 9.90 Å². The first-order chi connectivity index (χ1) is 12.6. The van der Waals surface area contributed by atoms with E-state index in [4.69, 9.17) is 4.74 Å². The largest absolute Gasteiger partial charge is 0.495 e. The first-order valence-corrected chi connectivity index (χ1v) is 7.81. The molecule has 3 aromatic rings. The highest BCUT2D eigenvalue weighted by molar-refractivity contribution is 6.04. The van der Waals surface area contributed by atoms with E-state index in [2.05, 4.69) is 20.8 Å². The molecular weight excluding hydrogens is 334 g/mol. The molecule has 0 saturated carbocycles. The summed E-state index contributed by atoms with van der Waals surface area (Å²) in [5.41, 5.74) is 1.86. The van der Waals surface area contributed by atoms with Crippen molar-refractivity contribution in [2.75, 3.05) is 17.7 Å². The molecule has 2 aromatic carbocycles. The molecule has 26 heavy (non-hydrogen) atoms. The van der Waals surface area contributed by atoms with Gasteiger partial charge in [0.1, 0.15) is 5.75 Å². The molecule has 2 N–H and O–H groups in total. The van der Waals surface area contributed by atoms with Crippen LogP contribution in [0.3, 0.4) is 0 Å². The Morgan fingerprint density at radius 2 is 1.85 bits per heavy atom. The van der Waals surface area contributed by atoms with Gasteiger partial charge in [-0.1, -0.05) is 18.2 Å². The van der Waals surface area contributed by atoms with Gasteiger partial charge in [-0.3, -0.25) is 9.59 Å². The van der Waals surface area contributed by atoms with Gasteiger partial charge >= 0.3 is 0 Å². The maximum atomic E-state index is 12.5. The lowest BCUT2D eigenvalue weighted by Crippen LogP contribution is -2.14. The van der Waals surface area contributed by atoms with Crippen molar-refractivity contribution in [3.8, 4) is 11.4 Å². The fourth-order valence-electron chi connectivity index (χ4n) is 2.33. The van der Waals surface area contributed by atoms with Crippen LogP contribution in [0.5, 0.6) is 5.75 Å². The molecule has 1 aromatic heterocycles. The third-order valence-electron chi connectivity index (χ3n) is 3.48. The Morgan fingerprint density at radius 3 is 2.54 bits per heavy atom. The minimum absolute atomic E-state index is 0.154. The predicted octanol–water partition coefficient (Wildman–Crippen LogP) is 2.49. The number of ether oxygens (including phenoxy) is 1. The first-order valence-electron chi connectivity index (χ1n) is 7.81. The predicted molar refractivity (Wildman–Crippen MR) is 96.6 cm³/mol. The van der Waals surface area contributed by atoms with Gasteiger partial charge in [0.15, 0.2) is 5.69 Å². The van der Waals surface area contributed by atoms with Crippen LogP contribution in [-0.4, -0.2) is 33.9 Å². The maximum absolute atomic E-state index is 12.5. The number of aromatic nitrogens is 3. The van der Waals surface area contributed by atoms with E-state index >= 15 is 0 Å². The molecular formula is C18H17N5O3. The molecule has 0 unspecified atom stereocenters. The molecule has 132 valence electrons. The summed E-state index contributed by atoms with van der Waals surface area (Å²) in [6.07, 6.45) is 1.38. The number of rotatable bonds is 5. The SMILES string of the molecule is COc1ccc(NC(C)=O)cc1NC(=O)c1cnn(-c2ccccc2)n1. The van der Waals surface area contributed by atoms with E-state index in [1.54, 1.807) is 18.2 Å². The van der Waals surface area contributed by atoms with Crippen molar-refractivity contribution in [2.45, 2.75) is 6.92 Å². The highest BCUT2D eigenvalue weighted by Crippen LogP contribution is 2.28. The zero-order valence-corrected chi connectivity index (χ0v) is 14.3. The van der Waals surface area contributed by atoms with Crippen LogP contribution in [0.4, 0.5) is 11.4 Å². The molecule has 2 amide bonds. The Balaban J connectivity index is 1.81. The maximum Gasteiger partial charge on any atom is 0.277 e. The highest BCUT2D eigenvalue weighted by Gasteiger charge is 2.15. The highest BCUT2D eigenvalue weighted by atomic mass is 16.5. The molecule has 8 heteroatoms. The lowest BCUT2D eigenvalue weighted by molar-refractivity contribution is -0.114. The molecule has 0 aliphatic carbocycles. The lowest BCUT2D eigenvalue weighted by Gasteiger charge is -2.11. The fourth-order valence-corrected chi connectivity index (χ4v) is 2.33. The summed E-state index contributed by atoms with van der Waals surface area (Å²) in [5, 5.41) is 13.7. The van der Waals surface area contributed by atoms with Crippen LogP contribution in [0.1, 0.15) is 17.4 Å². The quantitative estimate of drug-likeness (QED) is 0.736. The number of amides is 2. The second-order valence-electron chi connectivity index (χ2n) is 5.41. The van der Waals surface area contributed by atoms with Gasteiger partial charge in [0.25, 0.3) is 5.91 Å². The van der Waals surface area contributed by atoms with Gasteiger partial charge in [0, 0.05) is 12.6 Å². The Hall–Kier alpha value is -3.68. The number of nitrogens with zero attached hydrogens (tertiary/aromatic N) is 3. The third-order valence-corrected chi connectivity index (χ3v) is 3.48. The van der Waals surface area contributed by atoms with Crippen molar-refractivity contribution in [2.24, 2.45) is 0 Å². The van der Waals surface area contributed by atoms with Crippen LogP contribution in [0.15, 0.2) is 54.7 Å². The summed E-state index contributed by atoms with van der Waals surface area (Å²) in [4.78, 5) is 25.1. The van der Waals surface area contributed by atoms with Gasteiger partial charge in [0.2, 0.25) is 5.91 Å². The van der Waals surface area contributed by atoms with Crippen molar-refractivity contribution in [1.82, 2.24) is 15.0 Å². The molecule has 0 aliphatic rings. The first kappa shape index (κ1) is 17.2. The van der Waals surface area contributed by atoms with Crippen LogP contribution in [0, 0.1) is 0 Å². The molecule has 8 nitrogen and oxygen atoms in total. The Morgan fingerprint density at radius 1 is 1.08 bits per heavy atom. The van der Waals surface area contributed by atoms with Crippen LogP contribution in [0.25, 0.3) is 5.69 Å². The number of carbonyl (C=O) groups is 2. The topological polar surface area (TPSA) is 98.1 Å². The number of hydrogen-bond acceptors (Lipinski definition) is 5. The lowest BCUT2D eigenvalue weighted by atomic mass is 10.2. The summed E-state index contributed by atoms with van der Waals surface area (Å²) in [7, 11) is 1.49. The summed E-state index contributed by atoms with van der Waals surface area (Å²) in [6, 6.07) is 14.2. The summed E-state index contributed by atoms with van der Waals surface area (Å²) in [5.74, 6) is -0.188. The van der Waals surface area contributed by atoms with Gasteiger partial charge in [-0.05, 0) is 30.3 Å². The molecule has 0 atom stereocenters. The number of carbonyl (C=O) groups excluding carboxylic acids is 2. The molecule has 0 fully saturated rings. The van der Waals surface area contributed by atoms with E-state index in [0.717, 1.165) is 5.69 Å². The van der Waals surface area contributed by atoms with Crippen LogP contribution in [-0.2, 0) is 4.79 Å². The minimum Gasteiger partial charge on any atom is -0.495 e. The summed E-state index contributed by atoms with van der Waals surface area (Å²) in [6.45, 7) is 1.41. The Bertz CT molecular complexity index is 937. The Kier molecular flexibility index (Phi) is 4.93. The number of methoxy groups -OCH3 is 1. The normalized spacial score (nSPS) is 10.2. The smallest absolute Gasteiger partial charge is 0.277 e. The fraction of sp³-hybridized carbons (Fsp3) is 0.111. The second-order valence-corrected chi connectivity index (χ2v) is 5.41. The van der Waals surface area contributed by atoms with Crippen LogP contribution in [0.2, 0.25) is 0 Å². The number of hydrogen-bond donors (Lipinski definition) is 2. The molecule has 0 aliphatic heterocycles. The second kappa shape index (κ2) is 7.47. The summed E-state index contributed by atoms with van der Waals surface area (Å²) < 4.78 is 5.25. The van der Waals surface area contributed by atoms with Crippen molar-refractivity contribution in [1.29, 1.82) is 0 Å². The average molecular weight is 351 g/mol. The van der Waals surface area contributed by atoms with Crippen molar-refractivity contribution < 1.29 is 14.3 Å². The van der Waals surface area contributed by atoms with E-state index in [9.17, 15) is 9.59 Å². The van der Waals surface area contributed by atoms with Crippen molar-refractivity contribution >= 4 is 23.2 Å². The van der Waals surface area contributed by atoms with Gasteiger partial charge in [0.05, 0.1) is 24.7 Å². The standard InChI is InChI=1S/C18H17N5O3/c1-12(24)20-13-8-9-17(26-2)15(10-13)21-18(25)16-11-19-23(22-16)14-6-4-3-5-7-14/h3-11H,1-2H3,(H,20,24)(H,21,25). The van der Waals surface area contributed by atoms with E-state index in [0.29, 0.717) is 17.1 Å². The van der Waals surface area contributed by atoms with E-state index < -0.39 is 5.91 Å². The van der Waals surface area contributed by atoms with Crippen molar-refractivity contribution in [3.63, 3.8) is 0 Å². The molecule has 1 heterocycles. The van der Waals surface area contributed by atoms with E-state index in [-0.39, 0.29) is 11.6 Å². The van der Waals surface area contributed by atoms with Crippen molar-refractivity contribution in [3.05, 3.63) is 60.4 Å². The molecule has 0 spiro atoms. The minimum atomic E-state index is -0.439. The van der Waals surface area contributed by atoms with Crippen LogP contribution < -0.4 is 15.4 Å².